The topological polar surface area (TPSA) is 52.0 Å². The van der Waals surface area contributed by atoms with Crippen LogP contribution in [0.4, 0.5) is 0 Å². The number of hydrogen-bond acceptors (Lipinski definition) is 2. The maximum absolute atomic E-state index is 5.10. The van der Waals surface area contributed by atoms with E-state index in [9.17, 15) is 0 Å². The third-order valence-corrected chi connectivity index (χ3v) is 5.32. The molecule has 0 rings (SSSR count). The van der Waals surface area contributed by atoms with E-state index in [-0.39, 0.29) is 0 Å². The van der Waals surface area contributed by atoms with Crippen LogP contribution in [0.2, 0.25) is 0 Å². The maximum atomic E-state index is 5.10. The fourth-order valence-electron chi connectivity index (χ4n) is 0.128. The zero-order chi connectivity index (χ0) is 6.24. The van der Waals surface area contributed by atoms with E-state index in [2.05, 4.69) is 0 Å². The van der Waals surface area contributed by atoms with Crippen molar-refractivity contribution in [3.8, 4) is 0 Å². The van der Waals surface area contributed by atoms with Crippen LogP contribution in [-0.2, 0) is 0 Å². The van der Waals surface area contributed by atoms with Crippen LogP contribution in [0.3, 0.4) is 0 Å². The molecule has 0 aromatic heterocycles. The molecule has 0 bridgehead atoms. The first-order valence-corrected chi connectivity index (χ1v) is 8.28. The summed E-state index contributed by atoms with van der Waals surface area (Å²) in [4.78, 5) is 0. The first-order chi connectivity index (χ1) is 3.91. The van der Waals surface area contributed by atoms with E-state index in [0.29, 0.717) is 26.3 Å². The molecule has 2 nitrogen and oxygen atoms in total. The average molecular weight is 242 g/mol. The van der Waals surface area contributed by atoms with Gasteiger partial charge in [-0.15, -0.1) is 0 Å². The average Bonchev–Trinajstić information content (AvgIpc) is 1.81. The molecule has 0 aromatic rings. The Bertz CT molecular complexity index is 37.0. The van der Waals surface area contributed by atoms with Crippen LogP contribution < -0.4 is 11.5 Å². The second-order valence-corrected chi connectivity index (χ2v) is 7.00. The molecule has 0 aromatic carbocycles. The quantitative estimate of drug-likeness (QED) is 0.473. The third-order valence-electron chi connectivity index (χ3n) is 0.324. The predicted molar refractivity (Wildman–Crippen MR) is 37.1 cm³/mol. The molecule has 0 spiro atoms. The number of rotatable bonds is 5. The summed E-state index contributed by atoms with van der Waals surface area (Å²) in [5.41, 5.74) is 10.2. The van der Waals surface area contributed by atoms with Gasteiger partial charge in [-0.05, 0) is 0 Å². The molecule has 0 fully saturated rings. The molecule has 0 amide bonds. The molecule has 0 unspecified atom stereocenters. The van der Waals surface area contributed by atoms with E-state index >= 15 is 0 Å². The Kier molecular flexibility index (Phi) is 8.91. The number of hydrogen-bond donors (Lipinski definition) is 2. The van der Waals surface area contributed by atoms with Crippen molar-refractivity contribution in [1.82, 2.24) is 0 Å². The second kappa shape index (κ2) is 7.96. The Morgan fingerprint density at radius 3 is 1.50 bits per heavy atom. The summed E-state index contributed by atoms with van der Waals surface area (Å²) < 4.78 is 0. The van der Waals surface area contributed by atoms with Crippen molar-refractivity contribution in [2.75, 3.05) is 0 Å². The summed E-state index contributed by atoms with van der Waals surface area (Å²) in [5.74, 6) is 0. The molecule has 0 aliphatic heterocycles. The molecule has 0 saturated carbocycles. The zero-order valence-electron chi connectivity index (χ0n) is 4.28. The minimum atomic E-state index is 0.567. The van der Waals surface area contributed by atoms with Gasteiger partial charge >= 0.3 is 61.5 Å². The summed E-state index contributed by atoms with van der Waals surface area (Å²) in [7, 11) is 0. The molecule has 46 valence electrons. The van der Waals surface area contributed by atoms with Crippen LogP contribution in [0, 0.1) is 23.7 Å². The van der Waals surface area contributed by atoms with E-state index in [1.165, 1.54) is 0 Å². The molecule has 4 N–H and O–H groups in total. The SMILES string of the molecule is N[CH][CH][Se][Se][CH][CH]N. The van der Waals surface area contributed by atoms with Crippen molar-refractivity contribution in [2.45, 2.75) is 0 Å². The van der Waals surface area contributed by atoms with E-state index in [1.54, 1.807) is 13.1 Å². The Labute approximate surface area is 61.6 Å². The van der Waals surface area contributed by atoms with Crippen molar-refractivity contribution in [2.24, 2.45) is 11.5 Å². The number of nitrogens with two attached hydrogens (primary N) is 2. The summed E-state index contributed by atoms with van der Waals surface area (Å²) >= 11 is 1.13. The van der Waals surface area contributed by atoms with Gasteiger partial charge in [0.05, 0.1) is 0 Å². The van der Waals surface area contributed by atoms with Gasteiger partial charge in [0.25, 0.3) is 0 Å². The zero-order valence-corrected chi connectivity index (χ0v) is 7.71. The monoisotopic (exact) mass is 244 g/mol. The Hall–Kier alpha value is 0.959. The molecule has 0 atom stereocenters. The van der Waals surface area contributed by atoms with Crippen LogP contribution in [0.5, 0.6) is 0 Å². The van der Waals surface area contributed by atoms with Crippen molar-refractivity contribution in [3.05, 3.63) is 23.7 Å². The van der Waals surface area contributed by atoms with Gasteiger partial charge in [-0.3, -0.25) is 0 Å². The summed E-state index contributed by atoms with van der Waals surface area (Å²) in [6.07, 6.45) is 0. The van der Waals surface area contributed by atoms with Crippen molar-refractivity contribution >= 4 is 26.3 Å². The molecule has 0 saturated heterocycles. The summed E-state index contributed by atoms with van der Waals surface area (Å²) in [5, 5.41) is 3.99. The normalized spacial score (nSPS) is 9.75. The van der Waals surface area contributed by atoms with E-state index < -0.39 is 0 Å². The van der Waals surface area contributed by atoms with Crippen LogP contribution in [0.25, 0.3) is 0 Å². The third kappa shape index (κ3) is 6.96. The van der Waals surface area contributed by atoms with Crippen LogP contribution in [-0.4, -0.2) is 26.3 Å². The summed E-state index contributed by atoms with van der Waals surface area (Å²) in [6.45, 7) is 3.18. The van der Waals surface area contributed by atoms with Gasteiger partial charge in [0.15, 0.2) is 0 Å². The van der Waals surface area contributed by atoms with Crippen LogP contribution >= 0.6 is 0 Å². The second-order valence-electron chi connectivity index (χ2n) is 0.850. The van der Waals surface area contributed by atoms with Crippen molar-refractivity contribution < 1.29 is 0 Å². The first-order valence-electron chi connectivity index (χ1n) is 1.97. The van der Waals surface area contributed by atoms with Crippen LogP contribution in [0.15, 0.2) is 0 Å². The van der Waals surface area contributed by atoms with Gasteiger partial charge in [0.2, 0.25) is 0 Å². The van der Waals surface area contributed by atoms with Gasteiger partial charge in [0, 0.05) is 0 Å². The molecule has 0 aliphatic carbocycles. The molecular weight excluding hydrogens is 234 g/mol. The van der Waals surface area contributed by atoms with Gasteiger partial charge in [-0.2, -0.15) is 0 Å². The fourth-order valence-corrected chi connectivity index (χ4v) is 3.46. The van der Waals surface area contributed by atoms with Gasteiger partial charge < -0.3 is 0 Å². The Morgan fingerprint density at radius 2 is 1.25 bits per heavy atom. The molecule has 0 aliphatic rings. The Balaban J connectivity index is 2.53. The standard InChI is InChI=1S/C4H8N2Se2/c5-1-3-7-8-4-2-6/h1-4H,5-6H2. The van der Waals surface area contributed by atoms with Gasteiger partial charge in [0.1, 0.15) is 0 Å². The van der Waals surface area contributed by atoms with E-state index in [1.807, 2.05) is 10.6 Å². The minimum absolute atomic E-state index is 0.567. The fraction of sp³-hybridized carbons (Fsp3) is 0. The molecule has 4 radical (unpaired) electrons. The van der Waals surface area contributed by atoms with Crippen molar-refractivity contribution in [1.29, 1.82) is 0 Å². The van der Waals surface area contributed by atoms with Crippen molar-refractivity contribution in [3.63, 3.8) is 0 Å². The van der Waals surface area contributed by atoms with Gasteiger partial charge in [-0.25, -0.2) is 0 Å². The van der Waals surface area contributed by atoms with Gasteiger partial charge in [-0.1, -0.05) is 0 Å². The Morgan fingerprint density at radius 1 is 0.875 bits per heavy atom. The molecular formula is C4H8N2Se2. The van der Waals surface area contributed by atoms with E-state index in [4.69, 9.17) is 11.5 Å². The first kappa shape index (κ1) is 8.96. The van der Waals surface area contributed by atoms with E-state index in [0.717, 1.165) is 0 Å². The van der Waals surface area contributed by atoms with Crippen LogP contribution in [0.1, 0.15) is 0 Å². The molecule has 0 heterocycles. The molecule has 8 heavy (non-hydrogen) atoms. The predicted octanol–water partition coefficient (Wildman–Crippen LogP) is -1.13. The molecule has 4 heteroatoms. The summed E-state index contributed by atoms with van der Waals surface area (Å²) in [6, 6.07) is 0.